The van der Waals surface area contributed by atoms with Gasteiger partial charge in [0, 0.05) is 18.8 Å². The molecule has 0 saturated heterocycles. The summed E-state index contributed by atoms with van der Waals surface area (Å²) in [5.74, 6) is 0.733. The Morgan fingerprint density at radius 1 is 1.75 bits per heavy atom. The van der Waals surface area contributed by atoms with Crippen molar-refractivity contribution < 1.29 is 9.53 Å². The van der Waals surface area contributed by atoms with Crippen LogP contribution in [0.25, 0.3) is 0 Å². The van der Waals surface area contributed by atoms with E-state index in [9.17, 15) is 4.79 Å². The smallest absolute Gasteiger partial charge is 0.271 e. The topological polar surface area (TPSA) is 56.2 Å². The van der Waals surface area contributed by atoms with E-state index in [-0.39, 0.29) is 11.9 Å². The van der Waals surface area contributed by atoms with E-state index in [4.69, 9.17) is 4.74 Å². The number of carbonyl (C=O) groups excluding carboxylic acids is 1. The minimum absolute atomic E-state index is 0.101. The Morgan fingerprint density at radius 3 is 3.25 bits per heavy atom. The van der Waals surface area contributed by atoms with E-state index in [1.807, 2.05) is 18.4 Å². The second-order valence-electron chi connectivity index (χ2n) is 4.07. The number of carbonyl (C=O) groups is 1. The molecule has 1 atom stereocenters. The summed E-state index contributed by atoms with van der Waals surface area (Å²) in [5.41, 5.74) is 0.487. The largest absolute Gasteiger partial charge is 0.372 e. The quantitative estimate of drug-likeness (QED) is 0.829. The first-order chi connectivity index (χ1) is 7.70. The first-order valence-corrected chi connectivity index (χ1v) is 5.65. The van der Waals surface area contributed by atoms with Gasteiger partial charge < -0.3 is 14.6 Å². The van der Waals surface area contributed by atoms with Crippen molar-refractivity contribution in [3.8, 4) is 0 Å². The minimum Gasteiger partial charge on any atom is -0.372 e. The number of hydrogen-bond donors (Lipinski definition) is 1. The summed E-state index contributed by atoms with van der Waals surface area (Å²) in [4.78, 5) is 16.1. The monoisotopic (exact) mass is 223 g/mol. The summed E-state index contributed by atoms with van der Waals surface area (Å²) in [6.45, 7) is 5.99. The lowest BCUT2D eigenvalue weighted by Crippen LogP contribution is -2.32. The van der Waals surface area contributed by atoms with Gasteiger partial charge in [0.25, 0.3) is 5.91 Å². The Labute approximate surface area is 94.8 Å². The van der Waals surface area contributed by atoms with Crippen LogP contribution < -0.4 is 5.32 Å². The molecule has 5 nitrogen and oxygen atoms in total. The van der Waals surface area contributed by atoms with E-state index < -0.39 is 0 Å². The molecule has 5 heteroatoms. The van der Waals surface area contributed by atoms with Crippen LogP contribution >= 0.6 is 0 Å². The summed E-state index contributed by atoms with van der Waals surface area (Å²) in [5, 5.41) is 2.90. The normalized spacial score (nSPS) is 16.6. The molecule has 16 heavy (non-hydrogen) atoms. The Kier molecular flexibility index (Phi) is 3.24. The second kappa shape index (κ2) is 4.65. The van der Waals surface area contributed by atoms with E-state index in [0.29, 0.717) is 18.9 Å². The highest BCUT2D eigenvalue weighted by molar-refractivity contribution is 5.92. The predicted molar refractivity (Wildman–Crippen MR) is 59.1 cm³/mol. The van der Waals surface area contributed by atoms with Gasteiger partial charge in [0.05, 0.1) is 6.61 Å². The zero-order valence-corrected chi connectivity index (χ0v) is 9.69. The van der Waals surface area contributed by atoms with Crippen LogP contribution in [-0.4, -0.2) is 28.1 Å². The molecule has 0 unspecified atom stereocenters. The molecule has 0 saturated carbocycles. The Balaban J connectivity index is 2.09. The molecule has 0 bridgehead atoms. The molecule has 0 fully saturated rings. The lowest BCUT2D eigenvalue weighted by molar-refractivity contribution is 0.0815. The van der Waals surface area contributed by atoms with Crippen LogP contribution in [0.1, 0.15) is 36.6 Å². The average Bonchev–Trinajstić information content (AvgIpc) is 2.72. The lowest BCUT2D eigenvalue weighted by Gasteiger charge is -2.13. The number of rotatable bonds is 3. The first kappa shape index (κ1) is 11.1. The van der Waals surface area contributed by atoms with Gasteiger partial charge in [0.1, 0.15) is 18.1 Å². The number of ether oxygens (including phenoxy) is 1. The van der Waals surface area contributed by atoms with Gasteiger partial charge in [-0.3, -0.25) is 4.79 Å². The van der Waals surface area contributed by atoms with Crippen LogP contribution in [0.15, 0.2) is 6.20 Å². The van der Waals surface area contributed by atoms with Gasteiger partial charge >= 0.3 is 0 Å². The van der Waals surface area contributed by atoms with Crippen LogP contribution in [-0.2, 0) is 17.9 Å². The fourth-order valence-corrected chi connectivity index (χ4v) is 1.60. The predicted octanol–water partition coefficient (Wildman–Crippen LogP) is 0.942. The molecule has 88 valence electrons. The highest BCUT2D eigenvalue weighted by Gasteiger charge is 2.17. The van der Waals surface area contributed by atoms with Crippen molar-refractivity contribution in [1.82, 2.24) is 14.9 Å². The molecule has 1 aromatic rings. The zero-order chi connectivity index (χ0) is 11.5. The van der Waals surface area contributed by atoms with E-state index in [1.54, 1.807) is 6.20 Å². The number of imidazole rings is 1. The fourth-order valence-electron chi connectivity index (χ4n) is 1.60. The van der Waals surface area contributed by atoms with Crippen molar-refractivity contribution in [2.45, 2.75) is 39.5 Å². The van der Waals surface area contributed by atoms with Crippen molar-refractivity contribution in [2.75, 3.05) is 6.61 Å². The highest BCUT2D eigenvalue weighted by atomic mass is 16.5. The SMILES string of the molecule is CC[C@@H](C)NC(=O)c1cn2c(n1)COCC2. The third-order valence-electron chi connectivity index (χ3n) is 2.79. The number of nitrogens with zero attached hydrogens (tertiary/aromatic N) is 2. The van der Waals surface area contributed by atoms with E-state index in [1.165, 1.54) is 0 Å². The molecule has 0 aromatic carbocycles. The Bertz CT molecular complexity index is 363. The third-order valence-corrected chi connectivity index (χ3v) is 2.79. The van der Waals surface area contributed by atoms with Gasteiger partial charge in [0.15, 0.2) is 0 Å². The molecular formula is C11H17N3O2. The summed E-state index contributed by atoms with van der Waals surface area (Å²) in [7, 11) is 0. The fraction of sp³-hybridized carbons (Fsp3) is 0.636. The van der Waals surface area contributed by atoms with Crippen molar-refractivity contribution in [2.24, 2.45) is 0 Å². The van der Waals surface area contributed by atoms with Crippen molar-refractivity contribution in [3.05, 3.63) is 17.7 Å². The van der Waals surface area contributed by atoms with Crippen molar-refractivity contribution in [1.29, 1.82) is 0 Å². The molecule has 1 aromatic heterocycles. The molecule has 1 amide bonds. The van der Waals surface area contributed by atoms with Crippen molar-refractivity contribution in [3.63, 3.8) is 0 Å². The molecular weight excluding hydrogens is 206 g/mol. The van der Waals surface area contributed by atoms with Crippen LogP contribution in [0.2, 0.25) is 0 Å². The molecule has 0 aliphatic carbocycles. The standard InChI is InChI=1S/C11H17N3O2/c1-3-8(2)12-11(15)9-6-14-4-5-16-7-10(14)13-9/h6,8H,3-5,7H2,1-2H3,(H,12,15)/t8-/m1/s1. The number of aromatic nitrogens is 2. The average molecular weight is 223 g/mol. The van der Waals surface area contributed by atoms with Crippen LogP contribution in [0.4, 0.5) is 0 Å². The van der Waals surface area contributed by atoms with Gasteiger partial charge in [0.2, 0.25) is 0 Å². The molecule has 1 aliphatic rings. The second-order valence-corrected chi connectivity index (χ2v) is 4.07. The van der Waals surface area contributed by atoms with Crippen molar-refractivity contribution >= 4 is 5.91 Å². The van der Waals surface area contributed by atoms with Crippen LogP contribution in [0, 0.1) is 0 Å². The summed E-state index contributed by atoms with van der Waals surface area (Å²) in [6.07, 6.45) is 2.72. The van der Waals surface area contributed by atoms with E-state index >= 15 is 0 Å². The van der Waals surface area contributed by atoms with E-state index in [2.05, 4.69) is 10.3 Å². The molecule has 2 heterocycles. The van der Waals surface area contributed by atoms with Gasteiger partial charge in [-0.2, -0.15) is 0 Å². The third kappa shape index (κ3) is 2.24. The first-order valence-electron chi connectivity index (χ1n) is 5.65. The molecule has 0 spiro atoms. The van der Waals surface area contributed by atoms with Crippen LogP contribution in [0.3, 0.4) is 0 Å². The summed E-state index contributed by atoms with van der Waals surface area (Å²) < 4.78 is 7.26. The number of hydrogen-bond acceptors (Lipinski definition) is 3. The molecule has 1 N–H and O–H groups in total. The lowest BCUT2D eigenvalue weighted by atomic mass is 10.2. The summed E-state index contributed by atoms with van der Waals surface area (Å²) >= 11 is 0. The van der Waals surface area contributed by atoms with Crippen LogP contribution in [0.5, 0.6) is 0 Å². The zero-order valence-electron chi connectivity index (χ0n) is 9.69. The summed E-state index contributed by atoms with van der Waals surface area (Å²) in [6, 6.07) is 0.183. The molecule has 1 aliphatic heterocycles. The molecule has 2 rings (SSSR count). The van der Waals surface area contributed by atoms with Gasteiger partial charge in [-0.25, -0.2) is 4.98 Å². The van der Waals surface area contributed by atoms with E-state index in [0.717, 1.165) is 18.8 Å². The molecule has 0 radical (unpaired) electrons. The number of nitrogens with one attached hydrogen (secondary N) is 1. The van der Waals surface area contributed by atoms with Gasteiger partial charge in [-0.15, -0.1) is 0 Å². The van der Waals surface area contributed by atoms with Gasteiger partial charge in [-0.05, 0) is 13.3 Å². The maximum atomic E-state index is 11.8. The number of amides is 1. The Hall–Kier alpha value is -1.36. The Morgan fingerprint density at radius 2 is 2.56 bits per heavy atom. The minimum atomic E-state index is -0.101. The number of fused-ring (bicyclic) bond motifs is 1. The maximum absolute atomic E-state index is 11.8. The highest BCUT2D eigenvalue weighted by Crippen LogP contribution is 2.10. The van der Waals surface area contributed by atoms with Gasteiger partial charge in [-0.1, -0.05) is 6.92 Å². The maximum Gasteiger partial charge on any atom is 0.271 e.